The Morgan fingerprint density at radius 2 is 2.28 bits per heavy atom. The minimum atomic E-state index is -0.299. The van der Waals surface area contributed by atoms with E-state index in [-0.39, 0.29) is 11.1 Å². The Balaban J connectivity index is 2.32. The van der Waals surface area contributed by atoms with Crippen LogP contribution in [-0.4, -0.2) is 10.9 Å². The number of nitrogens with one attached hydrogen (secondary N) is 1. The summed E-state index contributed by atoms with van der Waals surface area (Å²) in [5.74, 6) is 0.741. The molecule has 2 rings (SSSR count). The highest BCUT2D eigenvalue weighted by Gasteiger charge is 2.10. The molecule has 0 aliphatic rings. The van der Waals surface area contributed by atoms with Gasteiger partial charge in [-0.1, -0.05) is 0 Å². The van der Waals surface area contributed by atoms with E-state index in [9.17, 15) is 9.59 Å². The number of pyridine rings is 1. The fraction of sp³-hybridized carbons (Fsp3) is 0.231. The Morgan fingerprint density at radius 1 is 1.50 bits per heavy atom. The molecule has 0 fully saturated rings. The van der Waals surface area contributed by atoms with Gasteiger partial charge in [-0.15, -0.1) is 0 Å². The first-order valence-electron chi connectivity index (χ1n) is 5.55. The Labute approximate surface area is 104 Å². The summed E-state index contributed by atoms with van der Waals surface area (Å²) in [6, 6.07) is 5.38. The molecular formula is C13H14N2O3. The number of carbonyl (C=O) groups excluding carboxylic acids is 1. The molecule has 2 aromatic rings. The second kappa shape index (κ2) is 4.91. The number of anilines is 1. The smallest absolute Gasteiger partial charge is 0.263 e. The van der Waals surface area contributed by atoms with Crippen molar-refractivity contribution in [2.75, 3.05) is 5.32 Å². The average Bonchev–Trinajstić information content (AvgIpc) is 2.86. The molecule has 2 aromatic heterocycles. The molecule has 0 atom stereocenters. The molecule has 0 radical (unpaired) electrons. The van der Waals surface area contributed by atoms with Crippen molar-refractivity contribution in [2.24, 2.45) is 7.05 Å². The predicted molar refractivity (Wildman–Crippen MR) is 67.8 cm³/mol. The molecule has 0 bridgehead atoms. The van der Waals surface area contributed by atoms with E-state index in [0.29, 0.717) is 18.5 Å². The molecule has 2 heterocycles. The molecule has 0 aliphatic carbocycles. The van der Waals surface area contributed by atoms with E-state index >= 15 is 0 Å². The molecule has 0 saturated heterocycles. The first-order chi connectivity index (χ1) is 8.63. The second-order valence-electron chi connectivity index (χ2n) is 4.03. The number of aromatic nitrogens is 1. The number of rotatable bonds is 4. The first-order valence-corrected chi connectivity index (χ1v) is 5.55. The summed E-state index contributed by atoms with van der Waals surface area (Å²) in [4.78, 5) is 22.9. The largest absolute Gasteiger partial charge is 0.467 e. The van der Waals surface area contributed by atoms with Gasteiger partial charge >= 0.3 is 0 Å². The van der Waals surface area contributed by atoms with Crippen molar-refractivity contribution in [2.45, 2.75) is 13.5 Å². The lowest BCUT2D eigenvalue weighted by atomic mass is 10.2. The second-order valence-corrected chi connectivity index (χ2v) is 4.03. The van der Waals surface area contributed by atoms with Crippen LogP contribution in [0.4, 0.5) is 5.69 Å². The van der Waals surface area contributed by atoms with Crippen molar-refractivity contribution in [1.82, 2.24) is 4.57 Å². The lowest BCUT2D eigenvalue weighted by Gasteiger charge is -2.11. The maximum atomic E-state index is 11.9. The van der Waals surface area contributed by atoms with Crippen molar-refractivity contribution in [3.63, 3.8) is 0 Å². The monoisotopic (exact) mass is 246 g/mol. The van der Waals surface area contributed by atoms with E-state index in [1.165, 1.54) is 4.57 Å². The SMILES string of the molecule is Cc1cc(NCc2ccco2)c(C=O)c(=O)n1C. The van der Waals surface area contributed by atoms with Gasteiger partial charge in [-0.3, -0.25) is 9.59 Å². The molecular weight excluding hydrogens is 232 g/mol. The van der Waals surface area contributed by atoms with Gasteiger partial charge in [0, 0.05) is 12.7 Å². The van der Waals surface area contributed by atoms with Crippen LogP contribution >= 0.6 is 0 Å². The quantitative estimate of drug-likeness (QED) is 0.834. The fourth-order valence-corrected chi connectivity index (χ4v) is 1.70. The van der Waals surface area contributed by atoms with Gasteiger partial charge in [0.2, 0.25) is 0 Å². The van der Waals surface area contributed by atoms with E-state index in [1.54, 1.807) is 25.4 Å². The molecule has 0 saturated carbocycles. The number of aryl methyl sites for hydroxylation is 1. The number of hydrogen-bond acceptors (Lipinski definition) is 4. The van der Waals surface area contributed by atoms with Crippen LogP contribution in [0, 0.1) is 6.92 Å². The van der Waals surface area contributed by atoms with Crippen LogP contribution in [0.3, 0.4) is 0 Å². The molecule has 0 aromatic carbocycles. The van der Waals surface area contributed by atoms with Crippen LogP contribution in [0.2, 0.25) is 0 Å². The predicted octanol–water partition coefficient (Wildman–Crippen LogP) is 1.71. The van der Waals surface area contributed by atoms with Crippen LogP contribution in [0.1, 0.15) is 21.8 Å². The van der Waals surface area contributed by atoms with Gasteiger partial charge in [-0.2, -0.15) is 0 Å². The first kappa shape index (κ1) is 12.2. The molecule has 5 heteroatoms. The molecule has 0 unspecified atom stereocenters. The highest BCUT2D eigenvalue weighted by molar-refractivity contribution is 5.83. The van der Waals surface area contributed by atoms with E-state index < -0.39 is 0 Å². The molecule has 5 nitrogen and oxygen atoms in total. The van der Waals surface area contributed by atoms with Gasteiger partial charge in [0.05, 0.1) is 18.5 Å². The number of carbonyl (C=O) groups is 1. The molecule has 0 spiro atoms. The van der Waals surface area contributed by atoms with E-state index in [2.05, 4.69) is 5.32 Å². The molecule has 0 amide bonds. The van der Waals surface area contributed by atoms with Gasteiger partial charge in [0.1, 0.15) is 11.3 Å². The van der Waals surface area contributed by atoms with Crippen molar-refractivity contribution in [1.29, 1.82) is 0 Å². The third-order valence-electron chi connectivity index (χ3n) is 2.86. The van der Waals surface area contributed by atoms with Crippen LogP contribution in [0.15, 0.2) is 33.7 Å². The topological polar surface area (TPSA) is 64.2 Å². The van der Waals surface area contributed by atoms with Crippen LogP contribution in [0.5, 0.6) is 0 Å². The zero-order valence-electron chi connectivity index (χ0n) is 10.3. The number of aldehydes is 1. The van der Waals surface area contributed by atoms with Gasteiger partial charge in [0.15, 0.2) is 6.29 Å². The lowest BCUT2D eigenvalue weighted by Crippen LogP contribution is -2.24. The summed E-state index contributed by atoms with van der Waals surface area (Å²) in [7, 11) is 1.64. The summed E-state index contributed by atoms with van der Waals surface area (Å²) in [6.07, 6.45) is 2.15. The maximum Gasteiger partial charge on any atom is 0.263 e. The van der Waals surface area contributed by atoms with Gasteiger partial charge < -0.3 is 14.3 Å². The summed E-state index contributed by atoms with van der Waals surface area (Å²) in [5.41, 5.74) is 1.15. The minimum Gasteiger partial charge on any atom is -0.467 e. The number of nitrogens with zero attached hydrogens (tertiary/aromatic N) is 1. The third kappa shape index (κ3) is 2.20. The Kier molecular flexibility index (Phi) is 3.32. The van der Waals surface area contributed by atoms with E-state index in [4.69, 9.17) is 4.42 Å². The normalized spacial score (nSPS) is 10.3. The third-order valence-corrected chi connectivity index (χ3v) is 2.86. The van der Waals surface area contributed by atoms with Crippen molar-refractivity contribution in [3.8, 4) is 0 Å². The van der Waals surface area contributed by atoms with Crippen LogP contribution in [-0.2, 0) is 13.6 Å². The zero-order valence-corrected chi connectivity index (χ0v) is 10.3. The highest BCUT2D eigenvalue weighted by Crippen LogP contribution is 2.13. The summed E-state index contributed by atoms with van der Waals surface area (Å²) < 4.78 is 6.63. The maximum absolute atomic E-state index is 11.9. The highest BCUT2D eigenvalue weighted by atomic mass is 16.3. The summed E-state index contributed by atoms with van der Waals surface area (Å²) >= 11 is 0. The van der Waals surface area contributed by atoms with Crippen molar-refractivity contribution < 1.29 is 9.21 Å². The van der Waals surface area contributed by atoms with Crippen LogP contribution < -0.4 is 10.9 Å². The van der Waals surface area contributed by atoms with E-state index in [0.717, 1.165) is 11.5 Å². The van der Waals surface area contributed by atoms with E-state index in [1.807, 2.05) is 13.0 Å². The van der Waals surface area contributed by atoms with Gasteiger partial charge in [-0.25, -0.2) is 0 Å². The molecule has 1 N–H and O–H groups in total. The standard InChI is InChI=1S/C13H14N2O3/c1-9-6-12(11(8-16)13(17)15(9)2)14-7-10-4-3-5-18-10/h3-6,8,14H,7H2,1-2H3. The zero-order chi connectivity index (χ0) is 13.1. The molecule has 0 aliphatic heterocycles. The van der Waals surface area contributed by atoms with Gasteiger partial charge in [0.25, 0.3) is 5.56 Å². The minimum absolute atomic E-state index is 0.134. The molecule has 94 valence electrons. The van der Waals surface area contributed by atoms with Gasteiger partial charge in [-0.05, 0) is 25.1 Å². The fourth-order valence-electron chi connectivity index (χ4n) is 1.70. The summed E-state index contributed by atoms with van der Waals surface area (Å²) in [6.45, 7) is 2.24. The van der Waals surface area contributed by atoms with Crippen LogP contribution in [0.25, 0.3) is 0 Å². The molecule has 18 heavy (non-hydrogen) atoms. The Bertz CT molecular complexity index is 612. The number of furan rings is 1. The summed E-state index contributed by atoms with van der Waals surface area (Å²) in [5, 5.41) is 3.04. The average molecular weight is 246 g/mol. The van der Waals surface area contributed by atoms with Crippen molar-refractivity contribution in [3.05, 3.63) is 51.8 Å². The van der Waals surface area contributed by atoms with Crippen molar-refractivity contribution >= 4 is 12.0 Å². The Hall–Kier alpha value is -2.30. The lowest BCUT2D eigenvalue weighted by molar-refractivity contribution is 0.112. The Morgan fingerprint density at radius 3 is 2.89 bits per heavy atom. The number of hydrogen-bond donors (Lipinski definition) is 1.